The quantitative estimate of drug-likeness (QED) is 0.532. The van der Waals surface area contributed by atoms with Crippen LogP contribution in [0.15, 0.2) is 76.2 Å². The molecule has 1 aromatic heterocycles. The SMILES string of the molecule is Cc1ccc(S(=O)(=O)N(C)c2ccc(C(=O)N(C3CC3)C(C)c3ccco3)cc2)cc1. The normalized spacial score (nSPS) is 14.8. The summed E-state index contributed by atoms with van der Waals surface area (Å²) >= 11 is 0. The number of nitrogens with zero attached hydrogens (tertiary/aromatic N) is 2. The van der Waals surface area contributed by atoms with Gasteiger partial charge in [0.25, 0.3) is 15.9 Å². The van der Waals surface area contributed by atoms with Crippen LogP contribution in [0.2, 0.25) is 0 Å². The van der Waals surface area contributed by atoms with E-state index < -0.39 is 10.0 Å². The zero-order valence-corrected chi connectivity index (χ0v) is 18.7. The predicted molar refractivity (Wildman–Crippen MR) is 120 cm³/mol. The van der Waals surface area contributed by atoms with Crippen LogP contribution < -0.4 is 4.31 Å². The molecule has 0 aliphatic heterocycles. The highest BCUT2D eigenvalue weighted by Gasteiger charge is 2.37. The van der Waals surface area contributed by atoms with Crippen LogP contribution in [0.1, 0.15) is 47.5 Å². The van der Waals surface area contributed by atoms with Gasteiger partial charge in [0.05, 0.1) is 22.9 Å². The van der Waals surface area contributed by atoms with Gasteiger partial charge < -0.3 is 9.32 Å². The summed E-state index contributed by atoms with van der Waals surface area (Å²) in [5.74, 6) is 0.669. The van der Waals surface area contributed by atoms with Crippen molar-refractivity contribution >= 4 is 21.6 Å². The monoisotopic (exact) mass is 438 g/mol. The summed E-state index contributed by atoms with van der Waals surface area (Å²) in [5, 5.41) is 0. The van der Waals surface area contributed by atoms with Crippen molar-refractivity contribution in [2.45, 2.75) is 43.7 Å². The summed E-state index contributed by atoms with van der Waals surface area (Å²) in [7, 11) is -2.16. The zero-order valence-electron chi connectivity index (χ0n) is 17.9. The van der Waals surface area contributed by atoms with Crippen molar-refractivity contribution in [3.8, 4) is 0 Å². The van der Waals surface area contributed by atoms with Gasteiger partial charge in [-0.2, -0.15) is 0 Å². The molecule has 1 saturated carbocycles. The molecule has 3 aromatic rings. The Morgan fingerprint density at radius 2 is 1.68 bits per heavy atom. The molecule has 1 heterocycles. The molecule has 1 amide bonds. The molecule has 1 aliphatic rings. The van der Waals surface area contributed by atoms with Gasteiger partial charge in [0.15, 0.2) is 0 Å². The van der Waals surface area contributed by atoms with Crippen LogP contribution in [0.3, 0.4) is 0 Å². The number of amides is 1. The maximum atomic E-state index is 13.2. The lowest BCUT2D eigenvalue weighted by Crippen LogP contribution is -2.35. The van der Waals surface area contributed by atoms with Crippen molar-refractivity contribution in [2.24, 2.45) is 0 Å². The molecular weight excluding hydrogens is 412 g/mol. The second-order valence-electron chi connectivity index (χ2n) is 7.97. The molecule has 162 valence electrons. The molecule has 4 rings (SSSR count). The van der Waals surface area contributed by atoms with Crippen molar-refractivity contribution in [1.29, 1.82) is 0 Å². The van der Waals surface area contributed by atoms with Crippen LogP contribution >= 0.6 is 0 Å². The zero-order chi connectivity index (χ0) is 22.2. The van der Waals surface area contributed by atoms with Crippen LogP contribution in [-0.2, 0) is 10.0 Å². The first-order chi connectivity index (χ1) is 14.8. The van der Waals surface area contributed by atoms with Crippen LogP contribution in [0.5, 0.6) is 0 Å². The summed E-state index contributed by atoms with van der Waals surface area (Å²) in [4.78, 5) is 15.3. The lowest BCUT2D eigenvalue weighted by Gasteiger charge is -2.28. The maximum Gasteiger partial charge on any atom is 0.264 e. The van der Waals surface area contributed by atoms with Gasteiger partial charge >= 0.3 is 0 Å². The van der Waals surface area contributed by atoms with Gasteiger partial charge in [-0.25, -0.2) is 8.42 Å². The third kappa shape index (κ3) is 4.23. The van der Waals surface area contributed by atoms with Gasteiger partial charge in [0, 0.05) is 18.7 Å². The number of rotatable bonds is 7. The minimum absolute atomic E-state index is 0.0815. The summed E-state index contributed by atoms with van der Waals surface area (Å²) in [5.41, 5.74) is 2.01. The minimum atomic E-state index is -3.68. The summed E-state index contributed by atoms with van der Waals surface area (Å²) in [6.45, 7) is 3.87. The van der Waals surface area contributed by atoms with Crippen LogP contribution in [-0.4, -0.2) is 32.3 Å². The summed E-state index contributed by atoms with van der Waals surface area (Å²) in [6, 6.07) is 17.2. The van der Waals surface area contributed by atoms with Crippen molar-refractivity contribution in [3.63, 3.8) is 0 Å². The van der Waals surface area contributed by atoms with Crippen molar-refractivity contribution in [2.75, 3.05) is 11.4 Å². The van der Waals surface area contributed by atoms with Crippen LogP contribution in [0, 0.1) is 6.92 Å². The molecule has 0 N–H and O–H groups in total. The van der Waals surface area contributed by atoms with Gasteiger partial charge in [-0.15, -0.1) is 0 Å². The van der Waals surface area contributed by atoms with Gasteiger partial charge in [-0.1, -0.05) is 17.7 Å². The summed E-state index contributed by atoms with van der Waals surface area (Å²) < 4.78 is 32.6. The number of carbonyl (C=O) groups is 1. The summed E-state index contributed by atoms with van der Waals surface area (Å²) in [6.07, 6.45) is 3.57. The molecule has 7 heteroatoms. The number of hydrogen-bond acceptors (Lipinski definition) is 4. The van der Waals surface area contributed by atoms with Crippen LogP contribution in [0.25, 0.3) is 0 Å². The average molecular weight is 439 g/mol. The smallest absolute Gasteiger partial charge is 0.264 e. The number of sulfonamides is 1. The number of hydrogen-bond donors (Lipinski definition) is 0. The number of furan rings is 1. The van der Waals surface area contributed by atoms with Gasteiger partial charge in [-0.3, -0.25) is 9.10 Å². The fraction of sp³-hybridized carbons (Fsp3) is 0.292. The Labute approximate surface area is 183 Å². The van der Waals surface area contributed by atoms with Crippen molar-refractivity contribution < 1.29 is 17.6 Å². The molecule has 0 radical (unpaired) electrons. The molecular formula is C24H26N2O4S. The average Bonchev–Trinajstić information content (AvgIpc) is 3.44. The highest BCUT2D eigenvalue weighted by molar-refractivity contribution is 7.92. The van der Waals surface area contributed by atoms with Crippen LogP contribution in [0.4, 0.5) is 5.69 Å². The van der Waals surface area contributed by atoms with E-state index in [2.05, 4.69) is 0 Å². The third-order valence-electron chi connectivity index (χ3n) is 5.70. The first-order valence-electron chi connectivity index (χ1n) is 10.3. The Kier molecular flexibility index (Phi) is 5.62. The maximum absolute atomic E-state index is 13.2. The van der Waals surface area contributed by atoms with E-state index in [0.29, 0.717) is 11.3 Å². The second-order valence-corrected chi connectivity index (χ2v) is 9.94. The molecule has 1 aliphatic carbocycles. The van der Waals surface area contributed by atoms with Gasteiger partial charge in [0.2, 0.25) is 0 Å². The number of aryl methyl sites for hydroxylation is 1. The highest BCUT2D eigenvalue weighted by atomic mass is 32.2. The fourth-order valence-corrected chi connectivity index (χ4v) is 4.84. The van der Waals surface area contributed by atoms with E-state index in [1.807, 2.05) is 30.9 Å². The Morgan fingerprint density at radius 1 is 1.03 bits per heavy atom. The van der Waals surface area contributed by atoms with E-state index in [4.69, 9.17) is 4.42 Å². The first-order valence-corrected chi connectivity index (χ1v) is 11.7. The van der Waals surface area contributed by atoms with E-state index in [-0.39, 0.29) is 22.9 Å². The molecule has 2 aromatic carbocycles. The van der Waals surface area contributed by atoms with Crippen molar-refractivity contribution in [3.05, 3.63) is 83.8 Å². The Bertz CT molecular complexity index is 1150. The number of carbonyl (C=O) groups excluding carboxylic acids is 1. The van der Waals surface area contributed by atoms with E-state index in [9.17, 15) is 13.2 Å². The molecule has 0 spiro atoms. The van der Waals surface area contributed by atoms with Gasteiger partial charge in [-0.05, 0) is 75.2 Å². The van der Waals surface area contributed by atoms with E-state index in [1.54, 1.807) is 54.8 Å². The van der Waals surface area contributed by atoms with Gasteiger partial charge in [0.1, 0.15) is 5.76 Å². The molecule has 1 atom stereocenters. The van der Waals surface area contributed by atoms with Crippen molar-refractivity contribution in [1.82, 2.24) is 4.90 Å². The van der Waals surface area contributed by atoms with E-state index in [1.165, 1.54) is 11.4 Å². The Hall–Kier alpha value is -3.06. The largest absolute Gasteiger partial charge is 0.467 e. The lowest BCUT2D eigenvalue weighted by atomic mass is 10.1. The topological polar surface area (TPSA) is 70.8 Å². The molecule has 1 unspecified atom stereocenters. The van der Waals surface area contributed by atoms with E-state index in [0.717, 1.165) is 24.2 Å². The fourth-order valence-electron chi connectivity index (χ4n) is 3.65. The Balaban J connectivity index is 1.55. The molecule has 0 bridgehead atoms. The lowest BCUT2D eigenvalue weighted by molar-refractivity contribution is 0.0652. The predicted octanol–water partition coefficient (Wildman–Crippen LogP) is 4.78. The molecule has 31 heavy (non-hydrogen) atoms. The first kappa shape index (κ1) is 21.2. The molecule has 1 fully saturated rings. The molecule has 6 nitrogen and oxygen atoms in total. The second kappa shape index (κ2) is 8.23. The van der Waals surface area contributed by atoms with E-state index >= 15 is 0 Å². The number of benzene rings is 2. The minimum Gasteiger partial charge on any atom is -0.467 e. The highest BCUT2D eigenvalue weighted by Crippen LogP contribution is 2.36. The Morgan fingerprint density at radius 3 is 2.23 bits per heavy atom. The third-order valence-corrected chi connectivity index (χ3v) is 7.50. The molecule has 0 saturated heterocycles. The standard InChI is InChI=1S/C24H26N2O4S/c1-17-6-14-22(15-7-17)31(28,29)25(3)20-10-8-19(9-11-20)24(27)26(21-12-13-21)18(2)23-5-4-16-30-23/h4-11,14-16,18,21H,12-13H2,1-3H3. The number of anilines is 1.